The lowest BCUT2D eigenvalue weighted by molar-refractivity contribution is 0.292. The molecule has 0 bridgehead atoms. The molecule has 1 atom stereocenters. The van der Waals surface area contributed by atoms with Crippen molar-refractivity contribution < 1.29 is 4.74 Å². The molecule has 0 aliphatic heterocycles. The monoisotopic (exact) mass is 311 g/mol. The van der Waals surface area contributed by atoms with Gasteiger partial charge in [-0.1, -0.05) is 17.7 Å². The van der Waals surface area contributed by atoms with E-state index in [0.29, 0.717) is 6.61 Å². The molecule has 0 aliphatic carbocycles. The van der Waals surface area contributed by atoms with Gasteiger partial charge in [0, 0.05) is 4.88 Å². The van der Waals surface area contributed by atoms with Crippen LogP contribution in [0.25, 0.3) is 0 Å². The van der Waals surface area contributed by atoms with E-state index in [9.17, 15) is 0 Å². The molecule has 0 spiro atoms. The zero-order chi connectivity index (χ0) is 12.3. The van der Waals surface area contributed by atoms with Gasteiger partial charge < -0.3 is 10.5 Å². The van der Waals surface area contributed by atoms with E-state index < -0.39 is 0 Å². The molecule has 0 saturated carbocycles. The van der Waals surface area contributed by atoms with Gasteiger partial charge in [-0.05, 0) is 47.1 Å². The third-order valence-corrected chi connectivity index (χ3v) is 4.17. The van der Waals surface area contributed by atoms with E-state index in [0.717, 1.165) is 14.4 Å². The second-order valence-corrected chi connectivity index (χ2v) is 6.37. The summed E-state index contributed by atoms with van der Waals surface area (Å²) in [4.78, 5) is 1.13. The Balaban J connectivity index is 1.92. The number of benzene rings is 1. The fraction of sp³-hybridized carbons (Fsp3) is 0.231. The van der Waals surface area contributed by atoms with Crippen LogP contribution in [0.1, 0.15) is 16.5 Å². The normalized spacial score (nSPS) is 12.4. The molecule has 17 heavy (non-hydrogen) atoms. The van der Waals surface area contributed by atoms with E-state index in [-0.39, 0.29) is 6.04 Å². The van der Waals surface area contributed by atoms with Crippen molar-refractivity contribution in [3.05, 3.63) is 50.6 Å². The molecular formula is C13H14BrNOS. The maximum atomic E-state index is 6.05. The zero-order valence-corrected chi connectivity index (χ0v) is 11.9. The molecule has 90 valence electrons. The van der Waals surface area contributed by atoms with E-state index >= 15 is 0 Å². The van der Waals surface area contributed by atoms with Crippen LogP contribution in [0.5, 0.6) is 5.75 Å². The summed E-state index contributed by atoms with van der Waals surface area (Å²) < 4.78 is 6.75. The fourth-order valence-corrected chi connectivity index (χ4v) is 2.84. The SMILES string of the molecule is Cc1ccc(OCC(N)c2ccc(Br)s2)cc1. The molecule has 0 aliphatic rings. The van der Waals surface area contributed by atoms with Crippen LogP contribution in [0, 0.1) is 6.92 Å². The third-order valence-electron chi connectivity index (χ3n) is 2.41. The summed E-state index contributed by atoms with van der Waals surface area (Å²) >= 11 is 5.07. The Morgan fingerprint density at radius 2 is 1.94 bits per heavy atom. The molecule has 1 heterocycles. The molecule has 2 N–H and O–H groups in total. The molecule has 2 aromatic rings. The first-order chi connectivity index (χ1) is 8.15. The van der Waals surface area contributed by atoms with Crippen molar-refractivity contribution in [1.82, 2.24) is 0 Å². The minimum atomic E-state index is -0.0763. The number of halogens is 1. The summed E-state index contributed by atoms with van der Waals surface area (Å²) in [5, 5.41) is 0. The van der Waals surface area contributed by atoms with Crippen LogP contribution >= 0.6 is 27.3 Å². The van der Waals surface area contributed by atoms with Gasteiger partial charge in [-0.25, -0.2) is 0 Å². The van der Waals surface area contributed by atoms with Crippen LogP contribution in [0.3, 0.4) is 0 Å². The Hall–Kier alpha value is -0.840. The molecule has 0 fully saturated rings. The van der Waals surface area contributed by atoms with Crippen LogP contribution in [-0.4, -0.2) is 6.61 Å². The first-order valence-electron chi connectivity index (χ1n) is 5.35. The van der Waals surface area contributed by atoms with Gasteiger partial charge in [0.2, 0.25) is 0 Å². The average molecular weight is 312 g/mol. The van der Waals surface area contributed by atoms with E-state index in [1.54, 1.807) is 11.3 Å². The van der Waals surface area contributed by atoms with Gasteiger partial charge in [-0.3, -0.25) is 0 Å². The van der Waals surface area contributed by atoms with Crippen molar-refractivity contribution in [2.45, 2.75) is 13.0 Å². The van der Waals surface area contributed by atoms with Gasteiger partial charge in [0.25, 0.3) is 0 Å². The van der Waals surface area contributed by atoms with Gasteiger partial charge in [-0.2, -0.15) is 0 Å². The van der Waals surface area contributed by atoms with Crippen molar-refractivity contribution in [2.75, 3.05) is 6.61 Å². The first kappa shape index (κ1) is 12.6. The Labute approximate surface area is 114 Å². The molecule has 0 saturated heterocycles. The second-order valence-electron chi connectivity index (χ2n) is 3.87. The molecule has 2 nitrogen and oxygen atoms in total. The molecule has 0 amide bonds. The lowest BCUT2D eigenvalue weighted by Gasteiger charge is -2.11. The van der Waals surface area contributed by atoms with Crippen molar-refractivity contribution in [3.63, 3.8) is 0 Å². The molecule has 1 unspecified atom stereocenters. The number of hydrogen-bond acceptors (Lipinski definition) is 3. The fourth-order valence-electron chi connectivity index (χ4n) is 1.43. The Bertz CT molecular complexity index is 480. The highest BCUT2D eigenvalue weighted by Gasteiger charge is 2.09. The number of thiophene rings is 1. The van der Waals surface area contributed by atoms with Gasteiger partial charge in [0.15, 0.2) is 0 Å². The third kappa shape index (κ3) is 3.56. The Morgan fingerprint density at radius 1 is 1.24 bits per heavy atom. The van der Waals surface area contributed by atoms with Gasteiger partial charge in [0.1, 0.15) is 12.4 Å². The highest BCUT2D eigenvalue weighted by atomic mass is 79.9. The summed E-state index contributed by atoms with van der Waals surface area (Å²) in [6.07, 6.45) is 0. The molecule has 4 heteroatoms. The van der Waals surface area contributed by atoms with Gasteiger partial charge in [0.05, 0.1) is 9.83 Å². The number of nitrogens with two attached hydrogens (primary N) is 1. The summed E-state index contributed by atoms with van der Waals surface area (Å²) in [5.41, 5.74) is 7.28. The molecule has 1 aromatic heterocycles. The van der Waals surface area contributed by atoms with E-state index in [1.165, 1.54) is 5.56 Å². The van der Waals surface area contributed by atoms with E-state index in [1.807, 2.05) is 36.4 Å². The van der Waals surface area contributed by atoms with E-state index in [2.05, 4.69) is 22.9 Å². The predicted molar refractivity (Wildman–Crippen MR) is 75.6 cm³/mol. The smallest absolute Gasteiger partial charge is 0.119 e. The van der Waals surface area contributed by atoms with Crippen LogP contribution in [0.15, 0.2) is 40.2 Å². The molecule has 2 rings (SSSR count). The maximum Gasteiger partial charge on any atom is 0.119 e. The minimum absolute atomic E-state index is 0.0763. The highest BCUT2D eigenvalue weighted by Crippen LogP contribution is 2.26. The largest absolute Gasteiger partial charge is 0.492 e. The quantitative estimate of drug-likeness (QED) is 0.929. The topological polar surface area (TPSA) is 35.2 Å². The van der Waals surface area contributed by atoms with Crippen molar-refractivity contribution in [3.8, 4) is 5.75 Å². The summed E-state index contributed by atoms with van der Waals surface area (Å²) in [6, 6.07) is 11.9. The summed E-state index contributed by atoms with van der Waals surface area (Å²) in [6.45, 7) is 2.55. The van der Waals surface area contributed by atoms with Crippen molar-refractivity contribution in [2.24, 2.45) is 5.73 Å². The number of rotatable bonds is 4. The lowest BCUT2D eigenvalue weighted by Crippen LogP contribution is -2.17. The van der Waals surface area contributed by atoms with Crippen LogP contribution < -0.4 is 10.5 Å². The lowest BCUT2D eigenvalue weighted by atomic mass is 10.2. The second kappa shape index (κ2) is 5.67. The van der Waals surface area contributed by atoms with E-state index in [4.69, 9.17) is 10.5 Å². The summed E-state index contributed by atoms with van der Waals surface area (Å²) in [7, 11) is 0. The predicted octanol–water partition coefficient (Wildman–Crippen LogP) is 3.90. The maximum absolute atomic E-state index is 6.05. The standard InChI is InChI=1S/C13H14BrNOS/c1-9-2-4-10(5-3-9)16-8-11(15)12-6-7-13(14)17-12/h2-7,11H,8,15H2,1H3. The van der Waals surface area contributed by atoms with Crippen LogP contribution in [0.2, 0.25) is 0 Å². The highest BCUT2D eigenvalue weighted by molar-refractivity contribution is 9.11. The van der Waals surface area contributed by atoms with Crippen LogP contribution in [-0.2, 0) is 0 Å². The number of hydrogen-bond donors (Lipinski definition) is 1. The first-order valence-corrected chi connectivity index (χ1v) is 6.96. The zero-order valence-electron chi connectivity index (χ0n) is 9.52. The van der Waals surface area contributed by atoms with Crippen molar-refractivity contribution in [1.29, 1.82) is 0 Å². The Morgan fingerprint density at radius 3 is 2.53 bits per heavy atom. The average Bonchev–Trinajstić information content (AvgIpc) is 2.75. The number of ether oxygens (including phenoxy) is 1. The minimum Gasteiger partial charge on any atom is -0.492 e. The molecule has 1 aromatic carbocycles. The Kier molecular flexibility index (Phi) is 4.20. The number of aryl methyl sites for hydroxylation is 1. The van der Waals surface area contributed by atoms with Crippen molar-refractivity contribution >= 4 is 27.3 Å². The van der Waals surface area contributed by atoms with Crippen LogP contribution in [0.4, 0.5) is 0 Å². The molecular weight excluding hydrogens is 298 g/mol. The summed E-state index contributed by atoms with van der Waals surface area (Å²) in [5.74, 6) is 0.863. The van der Waals surface area contributed by atoms with Gasteiger partial charge in [-0.15, -0.1) is 11.3 Å². The van der Waals surface area contributed by atoms with Gasteiger partial charge >= 0.3 is 0 Å². The molecule has 0 radical (unpaired) electrons.